The van der Waals surface area contributed by atoms with Crippen molar-refractivity contribution in [3.05, 3.63) is 23.8 Å². The summed E-state index contributed by atoms with van der Waals surface area (Å²) in [5.41, 5.74) is -0.857. The monoisotopic (exact) mass is 296 g/mol. The highest BCUT2D eigenvalue weighted by Gasteiger charge is 2.40. The smallest absolute Gasteiger partial charge is 0.312 e. The summed E-state index contributed by atoms with van der Waals surface area (Å²) >= 11 is 0. The molecule has 0 aliphatic heterocycles. The molecule has 1 aromatic rings. The van der Waals surface area contributed by atoms with Crippen LogP contribution < -0.4 is 9.47 Å². The molecule has 5 nitrogen and oxygen atoms in total. The predicted octanol–water partition coefficient (Wildman–Crippen LogP) is 2.50. The van der Waals surface area contributed by atoms with Gasteiger partial charge in [0.2, 0.25) is 0 Å². The van der Waals surface area contributed by atoms with Crippen molar-refractivity contribution in [2.45, 2.75) is 32.8 Å². The van der Waals surface area contributed by atoms with Crippen LogP contribution in [0.4, 0.5) is 0 Å². The van der Waals surface area contributed by atoms with Crippen molar-refractivity contribution in [2.75, 3.05) is 20.8 Å². The first-order valence-electron chi connectivity index (χ1n) is 7.03. The van der Waals surface area contributed by atoms with Crippen molar-refractivity contribution in [1.29, 1.82) is 0 Å². The fourth-order valence-electron chi connectivity index (χ4n) is 2.44. The lowest BCUT2D eigenvalue weighted by molar-refractivity contribution is -0.158. The molecule has 21 heavy (non-hydrogen) atoms. The maximum Gasteiger partial charge on any atom is 0.312 e. The number of carbonyl (C=O) groups excluding carboxylic acids is 1. The highest BCUT2D eigenvalue weighted by atomic mass is 16.5. The van der Waals surface area contributed by atoms with E-state index in [9.17, 15) is 9.90 Å². The average molecular weight is 296 g/mol. The first-order valence-corrected chi connectivity index (χ1v) is 7.03. The number of aliphatic hydroxyl groups is 1. The standard InChI is InChI=1S/C16H24O5/c1-6-12(15(17)21-7-2)16(3,18)13-9-8-11(19-4)10-14(13)20-5/h8-10,12,18H,6-7H2,1-5H3. The summed E-state index contributed by atoms with van der Waals surface area (Å²) < 4.78 is 15.5. The lowest BCUT2D eigenvalue weighted by Crippen LogP contribution is -2.38. The van der Waals surface area contributed by atoms with Crippen LogP contribution >= 0.6 is 0 Å². The molecule has 0 aliphatic carbocycles. The van der Waals surface area contributed by atoms with Crippen LogP contribution in [0.15, 0.2) is 18.2 Å². The fraction of sp³-hybridized carbons (Fsp3) is 0.562. The van der Waals surface area contributed by atoms with Crippen LogP contribution in [0.25, 0.3) is 0 Å². The minimum Gasteiger partial charge on any atom is -0.497 e. The molecule has 1 N–H and O–H groups in total. The summed E-state index contributed by atoms with van der Waals surface area (Å²) in [6.07, 6.45) is 0.459. The van der Waals surface area contributed by atoms with Gasteiger partial charge in [0.15, 0.2) is 0 Å². The van der Waals surface area contributed by atoms with Gasteiger partial charge in [-0.2, -0.15) is 0 Å². The lowest BCUT2D eigenvalue weighted by Gasteiger charge is -2.32. The molecule has 2 unspecified atom stereocenters. The Balaban J connectivity index is 3.24. The van der Waals surface area contributed by atoms with E-state index in [4.69, 9.17) is 14.2 Å². The fourth-order valence-corrected chi connectivity index (χ4v) is 2.44. The third-order valence-corrected chi connectivity index (χ3v) is 3.61. The Hall–Kier alpha value is -1.75. The van der Waals surface area contributed by atoms with Crippen molar-refractivity contribution in [3.63, 3.8) is 0 Å². The van der Waals surface area contributed by atoms with Gasteiger partial charge in [-0.25, -0.2) is 0 Å². The van der Waals surface area contributed by atoms with Crippen LogP contribution in [0.3, 0.4) is 0 Å². The summed E-state index contributed by atoms with van der Waals surface area (Å²) in [6, 6.07) is 5.12. The summed E-state index contributed by atoms with van der Waals surface area (Å²) in [4.78, 5) is 12.1. The van der Waals surface area contributed by atoms with E-state index in [-0.39, 0.29) is 6.61 Å². The van der Waals surface area contributed by atoms with Gasteiger partial charge < -0.3 is 19.3 Å². The molecule has 0 spiro atoms. The zero-order valence-electron chi connectivity index (χ0n) is 13.3. The normalized spacial score (nSPS) is 15.0. The number of benzene rings is 1. The zero-order chi connectivity index (χ0) is 16.0. The average Bonchev–Trinajstić information content (AvgIpc) is 2.47. The molecule has 2 atom stereocenters. The maximum absolute atomic E-state index is 12.1. The first kappa shape index (κ1) is 17.3. The van der Waals surface area contributed by atoms with Crippen LogP contribution in [0, 0.1) is 5.92 Å². The summed E-state index contributed by atoms with van der Waals surface area (Å²) in [7, 11) is 3.07. The van der Waals surface area contributed by atoms with Gasteiger partial charge in [0.05, 0.1) is 26.7 Å². The quantitative estimate of drug-likeness (QED) is 0.783. The summed E-state index contributed by atoms with van der Waals surface area (Å²) in [5, 5.41) is 10.9. The number of methoxy groups -OCH3 is 2. The Labute approximate surface area is 125 Å². The molecular formula is C16H24O5. The summed E-state index contributed by atoms with van der Waals surface area (Å²) in [5.74, 6) is 0.0142. The van der Waals surface area contributed by atoms with E-state index in [2.05, 4.69) is 0 Å². The van der Waals surface area contributed by atoms with Gasteiger partial charge in [-0.3, -0.25) is 4.79 Å². The Morgan fingerprint density at radius 3 is 2.43 bits per heavy atom. The van der Waals surface area contributed by atoms with Crippen LogP contribution in [-0.2, 0) is 15.1 Å². The van der Waals surface area contributed by atoms with Gasteiger partial charge in [0.1, 0.15) is 17.1 Å². The Bertz CT molecular complexity index is 482. The van der Waals surface area contributed by atoms with Crippen molar-refractivity contribution >= 4 is 5.97 Å². The molecule has 0 radical (unpaired) electrons. The zero-order valence-corrected chi connectivity index (χ0v) is 13.3. The molecule has 1 aromatic carbocycles. The van der Waals surface area contributed by atoms with E-state index >= 15 is 0 Å². The topological polar surface area (TPSA) is 65.0 Å². The molecule has 0 fully saturated rings. The molecule has 0 bridgehead atoms. The first-order chi connectivity index (χ1) is 9.92. The van der Waals surface area contributed by atoms with Crippen molar-refractivity contribution < 1.29 is 24.1 Å². The molecular weight excluding hydrogens is 272 g/mol. The minimum atomic E-state index is -1.39. The third kappa shape index (κ3) is 3.67. The van der Waals surface area contributed by atoms with E-state index in [0.717, 1.165) is 0 Å². The number of carbonyl (C=O) groups is 1. The third-order valence-electron chi connectivity index (χ3n) is 3.61. The number of esters is 1. The van der Waals surface area contributed by atoms with Crippen LogP contribution in [-0.4, -0.2) is 31.9 Å². The number of hydrogen-bond acceptors (Lipinski definition) is 5. The molecule has 0 saturated heterocycles. The van der Waals surface area contributed by atoms with Gasteiger partial charge in [-0.05, 0) is 32.4 Å². The van der Waals surface area contributed by atoms with Gasteiger partial charge in [0.25, 0.3) is 0 Å². The second-order valence-corrected chi connectivity index (χ2v) is 4.93. The predicted molar refractivity (Wildman–Crippen MR) is 79.5 cm³/mol. The number of ether oxygens (including phenoxy) is 3. The van der Waals surface area contributed by atoms with Crippen LogP contribution in [0.1, 0.15) is 32.8 Å². The van der Waals surface area contributed by atoms with E-state index in [1.54, 1.807) is 39.2 Å². The van der Waals surface area contributed by atoms with Gasteiger partial charge >= 0.3 is 5.97 Å². The minimum absolute atomic E-state index is 0.283. The Kier molecular flexibility index (Phi) is 6.03. The van der Waals surface area contributed by atoms with Crippen LogP contribution in [0.2, 0.25) is 0 Å². The van der Waals surface area contributed by atoms with Gasteiger partial charge in [0, 0.05) is 11.6 Å². The van der Waals surface area contributed by atoms with Gasteiger partial charge in [-0.15, -0.1) is 0 Å². The lowest BCUT2D eigenvalue weighted by atomic mass is 9.80. The number of rotatable bonds is 7. The molecule has 0 saturated carbocycles. The maximum atomic E-state index is 12.1. The van der Waals surface area contributed by atoms with Crippen molar-refractivity contribution in [1.82, 2.24) is 0 Å². The molecule has 118 valence electrons. The molecule has 0 heterocycles. The highest BCUT2D eigenvalue weighted by Crippen LogP contribution is 2.39. The molecule has 0 aliphatic rings. The van der Waals surface area contributed by atoms with E-state index in [1.807, 2.05) is 6.92 Å². The van der Waals surface area contributed by atoms with Crippen LogP contribution in [0.5, 0.6) is 11.5 Å². The van der Waals surface area contributed by atoms with Crippen molar-refractivity contribution in [3.8, 4) is 11.5 Å². The Morgan fingerprint density at radius 1 is 1.29 bits per heavy atom. The highest BCUT2D eigenvalue weighted by molar-refractivity contribution is 5.74. The number of hydrogen-bond donors (Lipinski definition) is 1. The summed E-state index contributed by atoms with van der Waals surface area (Å²) in [6.45, 7) is 5.47. The van der Waals surface area contributed by atoms with Crippen molar-refractivity contribution in [2.24, 2.45) is 5.92 Å². The second kappa shape index (κ2) is 7.31. The molecule has 1 rings (SSSR count). The second-order valence-electron chi connectivity index (χ2n) is 4.93. The molecule has 0 amide bonds. The molecule has 5 heteroatoms. The largest absolute Gasteiger partial charge is 0.497 e. The van der Waals surface area contributed by atoms with Gasteiger partial charge in [-0.1, -0.05) is 6.92 Å². The molecule has 0 aromatic heterocycles. The van der Waals surface area contributed by atoms with E-state index in [1.165, 1.54) is 7.11 Å². The Morgan fingerprint density at radius 2 is 1.95 bits per heavy atom. The van der Waals surface area contributed by atoms with E-state index < -0.39 is 17.5 Å². The van der Waals surface area contributed by atoms with E-state index in [0.29, 0.717) is 23.5 Å². The SMILES string of the molecule is CCOC(=O)C(CC)C(C)(O)c1ccc(OC)cc1OC.